The van der Waals surface area contributed by atoms with Crippen LogP contribution in [0, 0.1) is 16.7 Å². The lowest BCUT2D eigenvalue weighted by Gasteiger charge is -2.39. The van der Waals surface area contributed by atoms with Crippen molar-refractivity contribution in [3.05, 3.63) is 0 Å². The van der Waals surface area contributed by atoms with E-state index in [0.717, 1.165) is 12.5 Å². The van der Waals surface area contributed by atoms with E-state index in [4.69, 9.17) is 0 Å². The summed E-state index contributed by atoms with van der Waals surface area (Å²) in [7, 11) is 0. The van der Waals surface area contributed by atoms with E-state index in [2.05, 4.69) is 31.0 Å². The molecule has 3 heteroatoms. The Bertz CT molecular complexity index is 412. The zero-order valence-electron chi connectivity index (χ0n) is 14.8. The van der Waals surface area contributed by atoms with Gasteiger partial charge in [-0.25, -0.2) is 0 Å². The van der Waals surface area contributed by atoms with Crippen molar-refractivity contribution in [3.63, 3.8) is 0 Å². The zero-order chi connectivity index (χ0) is 15.8. The smallest absolute Gasteiger partial charge is 0.221 e. The predicted molar refractivity (Wildman–Crippen MR) is 90.7 cm³/mol. The molecule has 2 aliphatic carbocycles. The molecule has 1 amide bonds. The van der Waals surface area contributed by atoms with Gasteiger partial charge in [0.1, 0.15) is 0 Å². The lowest BCUT2D eigenvalue weighted by molar-refractivity contribution is -0.123. The molecule has 3 aliphatic rings. The lowest BCUT2D eigenvalue weighted by atomic mass is 9.69. The molecule has 0 aromatic carbocycles. The van der Waals surface area contributed by atoms with Gasteiger partial charge < -0.3 is 10.2 Å². The molecular weight excluding hydrogens is 272 g/mol. The Morgan fingerprint density at radius 3 is 2.36 bits per heavy atom. The summed E-state index contributed by atoms with van der Waals surface area (Å²) in [5, 5.41) is 3.40. The molecule has 3 fully saturated rings. The third-order valence-corrected chi connectivity index (χ3v) is 7.48. The maximum atomic E-state index is 12.4. The highest BCUT2D eigenvalue weighted by Crippen LogP contribution is 2.65. The number of hydrogen-bond donors (Lipinski definition) is 1. The van der Waals surface area contributed by atoms with Gasteiger partial charge in [0.25, 0.3) is 0 Å². The molecule has 1 aliphatic heterocycles. The van der Waals surface area contributed by atoms with E-state index in [-0.39, 0.29) is 5.91 Å². The number of carbonyl (C=O) groups excluding carboxylic acids is 1. The van der Waals surface area contributed by atoms with Crippen LogP contribution in [0.4, 0.5) is 0 Å². The summed E-state index contributed by atoms with van der Waals surface area (Å²) >= 11 is 0. The minimum atomic E-state index is 0.277. The standard InChI is InChI=1S/C19H34N2O/c1-18(2)15-8-10-19(18,3)16(14-15)20-17(22)9-13-21-11-6-4-5-7-12-21/h15-16H,4-14H2,1-3H3,(H,20,22). The molecule has 1 saturated heterocycles. The van der Waals surface area contributed by atoms with E-state index >= 15 is 0 Å². The summed E-state index contributed by atoms with van der Waals surface area (Å²) < 4.78 is 0. The fraction of sp³-hybridized carbons (Fsp3) is 0.947. The van der Waals surface area contributed by atoms with E-state index in [1.54, 1.807) is 0 Å². The molecule has 0 aromatic heterocycles. The van der Waals surface area contributed by atoms with Gasteiger partial charge in [0.2, 0.25) is 5.91 Å². The number of hydrogen-bond acceptors (Lipinski definition) is 2. The van der Waals surface area contributed by atoms with Gasteiger partial charge in [0, 0.05) is 19.0 Å². The number of likely N-dealkylation sites (tertiary alicyclic amines) is 1. The topological polar surface area (TPSA) is 32.3 Å². The van der Waals surface area contributed by atoms with Gasteiger partial charge in [-0.3, -0.25) is 4.79 Å². The highest BCUT2D eigenvalue weighted by molar-refractivity contribution is 5.76. The van der Waals surface area contributed by atoms with E-state index < -0.39 is 0 Å². The van der Waals surface area contributed by atoms with E-state index in [9.17, 15) is 4.79 Å². The Balaban J connectivity index is 1.48. The first kappa shape index (κ1) is 16.3. The molecule has 3 rings (SSSR count). The van der Waals surface area contributed by atoms with Crippen molar-refractivity contribution < 1.29 is 4.79 Å². The molecule has 0 spiro atoms. The molecule has 0 aromatic rings. The number of nitrogens with one attached hydrogen (secondary N) is 1. The van der Waals surface area contributed by atoms with Crippen LogP contribution in [-0.4, -0.2) is 36.5 Å². The van der Waals surface area contributed by atoms with Crippen molar-refractivity contribution in [2.24, 2.45) is 16.7 Å². The predicted octanol–water partition coefficient (Wildman–Crippen LogP) is 3.58. The Labute approximate surface area is 136 Å². The second-order valence-electron chi connectivity index (χ2n) is 8.74. The summed E-state index contributed by atoms with van der Waals surface area (Å²) in [6, 6.07) is 0.401. The average Bonchev–Trinajstić information content (AvgIpc) is 2.75. The van der Waals surface area contributed by atoms with Crippen LogP contribution in [0.25, 0.3) is 0 Å². The van der Waals surface area contributed by atoms with Gasteiger partial charge in [-0.1, -0.05) is 33.6 Å². The van der Waals surface area contributed by atoms with Crippen LogP contribution in [-0.2, 0) is 4.79 Å². The third kappa shape index (κ3) is 2.81. The molecule has 0 radical (unpaired) electrons. The van der Waals surface area contributed by atoms with Crippen molar-refractivity contribution in [1.82, 2.24) is 10.2 Å². The number of nitrogens with zero attached hydrogens (tertiary/aromatic N) is 1. The van der Waals surface area contributed by atoms with Crippen molar-refractivity contribution in [1.29, 1.82) is 0 Å². The largest absolute Gasteiger partial charge is 0.353 e. The molecule has 22 heavy (non-hydrogen) atoms. The maximum Gasteiger partial charge on any atom is 0.221 e. The first-order valence-corrected chi connectivity index (χ1v) is 9.45. The quantitative estimate of drug-likeness (QED) is 0.861. The first-order valence-electron chi connectivity index (χ1n) is 9.45. The van der Waals surface area contributed by atoms with Gasteiger partial charge in [-0.15, -0.1) is 0 Å². The van der Waals surface area contributed by atoms with Gasteiger partial charge in [-0.2, -0.15) is 0 Å². The fourth-order valence-corrected chi connectivity index (χ4v) is 5.31. The molecule has 1 heterocycles. The van der Waals surface area contributed by atoms with E-state index in [1.807, 2.05) is 0 Å². The minimum absolute atomic E-state index is 0.277. The number of rotatable bonds is 4. The van der Waals surface area contributed by atoms with Crippen LogP contribution in [0.15, 0.2) is 0 Å². The summed E-state index contributed by atoms with van der Waals surface area (Å²) in [4.78, 5) is 14.9. The van der Waals surface area contributed by atoms with Crippen molar-refractivity contribution >= 4 is 5.91 Å². The number of amides is 1. The summed E-state index contributed by atoms with van der Waals surface area (Å²) in [6.07, 6.45) is 9.83. The van der Waals surface area contributed by atoms with Crippen LogP contribution < -0.4 is 5.32 Å². The van der Waals surface area contributed by atoms with Gasteiger partial charge in [0.15, 0.2) is 0 Å². The maximum absolute atomic E-state index is 12.4. The van der Waals surface area contributed by atoms with E-state index in [1.165, 1.54) is 58.0 Å². The zero-order valence-corrected chi connectivity index (χ0v) is 14.8. The second kappa shape index (κ2) is 6.14. The molecule has 3 atom stereocenters. The van der Waals surface area contributed by atoms with Crippen LogP contribution >= 0.6 is 0 Å². The molecular formula is C19H34N2O. The number of fused-ring (bicyclic) bond motifs is 2. The Kier molecular flexibility index (Phi) is 4.55. The van der Waals surface area contributed by atoms with Crippen LogP contribution in [0.2, 0.25) is 0 Å². The summed E-state index contributed by atoms with van der Waals surface area (Å²) in [5.74, 6) is 1.08. The molecule has 1 N–H and O–H groups in total. The highest BCUT2D eigenvalue weighted by atomic mass is 16.1. The molecule has 3 nitrogen and oxygen atoms in total. The SMILES string of the molecule is CC1(C)C2CCC1(C)C(NC(=O)CCN1CCCCCC1)C2. The third-order valence-electron chi connectivity index (χ3n) is 7.48. The fourth-order valence-electron chi connectivity index (χ4n) is 5.31. The first-order chi connectivity index (χ1) is 10.4. The normalized spacial score (nSPS) is 38.0. The number of carbonyl (C=O) groups is 1. The molecule has 3 unspecified atom stereocenters. The molecule has 2 saturated carbocycles. The second-order valence-corrected chi connectivity index (χ2v) is 8.74. The van der Waals surface area contributed by atoms with Gasteiger partial charge >= 0.3 is 0 Å². The van der Waals surface area contributed by atoms with Crippen molar-refractivity contribution in [2.45, 2.75) is 78.2 Å². The van der Waals surface area contributed by atoms with Crippen LogP contribution in [0.5, 0.6) is 0 Å². The lowest BCUT2D eigenvalue weighted by Crippen LogP contribution is -2.47. The van der Waals surface area contributed by atoms with E-state index in [0.29, 0.717) is 23.3 Å². The molecule has 126 valence electrons. The van der Waals surface area contributed by atoms with Crippen molar-refractivity contribution in [3.8, 4) is 0 Å². The highest BCUT2D eigenvalue weighted by Gasteiger charge is 2.61. The monoisotopic (exact) mass is 306 g/mol. The Morgan fingerprint density at radius 2 is 1.82 bits per heavy atom. The van der Waals surface area contributed by atoms with Crippen LogP contribution in [0.3, 0.4) is 0 Å². The Morgan fingerprint density at radius 1 is 1.14 bits per heavy atom. The summed E-state index contributed by atoms with van der Waals surface area (Å²) in [6.45, 7) is 10.5. The van der Waals surface area contributed by atoms with Crippen molar-refractivity contribution in [2.75, 3.05) is 19.6 Å². The Hall–Kier alpha value is -0.570. The molecule has 2 bridgehead atoms. The average molecular weight is 306 g/mol. The van der Waals surface area contributed by atoms with Crippen LogP contribution in [0.1, 0.15) is 72.1 Å². The van der Waals surface area contributed by atoms with Gasteiger partial charge in [-0.05, 0) is 61.9 Å². The summed E-state index contributed by atoms with van der Waals surface area (Å²) in [5.41, 5.74) is 0.686. The van der Waals surface area contributed by atoms with Gasteiger partial charge in [0.05, 0.1) is 0 Å². The minimum Gasteiger partial charge on any atom is -0.353 e.